The van der Waals surface area contributed by atoms with Gasteiger partial charge in [-0.25, -0.2) is 0 Å². The zero-order valence-corrected chi connectivity index (χ0v) is 23.6. The first kappa shape index (κ1) is 27.2. The van der Waals surface area contributed by atoms with Crippen LogP contribution in [-0.2, 0) is 17.2 Å². The molecule has 0 bridgehead atoms. The van der Waals surface area contributed by atoms with E-state index in [1.165, 1.54) is 46.0 Å². The van der Waals surface area contributed by atoms with Crippen molar-refractivity contribution in [3.63, 3.8) is 0 Å². The average molecular weight is 488 g/mol. The summed E-state index contributed by atoms with van der Waals surface area (Å²) < 4.78 is 6.64. The van der Waals surface area contributed by atoms with Gasteiger partial charge in [-0.1, -0.05) is 123 Å². The summed E-state index contributed by atoms with van der Waals surface area (Å²) in [6.07, 6.45) is 5.47. The van der Waals surface area contributed by atoms with E-state index in [4.69, 9.17) is 4.74 Å². The normalized spacial score (nSPS) is 14.0. The molecule has 0 aliphatic carbocycles. The smallest absolute Gasteiger partial charge is 0.126 e. The Labute approximate surface area is 215 Å². The van der Waals surface area contributed by atoms with Crippen molar-refractivity contribution in [1.29, 1.82) is 0 Å². The molecule has 3 aromatic carbocycles. The van der Waals surface area contributed by atoms with Crippen LogP contribution in [0.25, 0.3) is 0 Å². The Morgan fingerprint density at radius 2 is 1.63 bits per heavy atom. The summed E-state index contributed by atoms with van der Waals surface area (Å²) in [6, 6.07) is 23.9. The highest BCUT2D eigenvalue weighted by Gasteiger charge is 2.33. The van der Waals surface area contributed by atoms with Crippen LogP contribution in [0.5, 0.6) is 5.75 Å². The fraction of sp³-hybridized carbons (Fsp3) is 0.406. The number of rotatable bonds is 10. The van der Waals surface area contributed by atoms with Crippen molar-refractivity contribution in [2.24, 2.45) is 4.99 Å². The number of hydrogen-bond donors (Lipinski definition) is 0. The van der Waals surface area contributed by atoms with Crippen molar-refractivity contribution in [2.75, 3.05) is 7.05 Å². The fourth-order valence-corrected chi connectivity index (χ4v) is 6.18. The van der Waals surface area contributed by atoms with Crippen molar-refractivity contribution in [2.45, 2.75) is 78.0 Å². The molecule has 186 valence electrons. The molecule has 2 nitrogen and oxygen atoms in total. The van der Waals surface area contributed by atoms with Gasteiger partial charge in [0.1, 0.15) is 12.4 Å². The number of ether oxygens (including phenoxy) is 1. The van der Waals surface area contributed by atoms with E-state index in [0.717, 1.165) is 12.2 Å². The molecule has 0 heterocycles. The number of benzene rings is 3. The van der Waals surface area contributed by atoms with E-state index in [-0.39, 0.29) is 10.6 Å². The van der Waals surface area contributed by atoms with E-state index in [1.807, 2.05) is 13.3 Å². The van der Waals surface area contributed by atoms with E-state index in [1.54, 1.807) is 0 Å². The molecular weight excluding hydrogens is 445 g/mol. The highest BCUT2D eigenvalue weighted by Crippen LogP contribution is 2.50. The first-order chi connectivity index (χ1) is 16.7. The zero-order valence-electron chi connectivity index (χ0n) is 22.6. The molecule has 0 saturated carbocycles. The maximum atomic E-state index is 6.64. The Morgan fingerprint density at radius 1 is 0.943 bits per heavy atom. The van der Waals surface area contributed by atoms with E-state index in [2.05, 4.69) is 113 Å². The zero-order chi connectivity index (χ0) is 25.5. The predicted octanol–water partition coefficient (Wildman–Crippen LogP) is 8.33. The molecule has 0 spiro atoms. The molecule has 0 radical (unpaired) electrons. The summed E-state index contributed by atoms with van der Waals surface area (Å²) in [6.45, 7) is 14.4. The summed E-state index contributed by atoms with van der Waals surface area (Å²) in [5, 5.41) is 1.33. The molecule has 3 aromatic rings. The molecule has 3 heteroatoms. The quantitative estimate of drug-likeness (QED) is 0.208. The lowest BCUT2D eigenvalue weighted by atomic mass is 9.82. The second kappa shape index (κ2) is 12.0. The molecule has 0 fully saturated rings. The van der Waals surface area contributed by atoms with Crippen LogP contribution in [0.2, 0.25) is 0 Å². The lowest BCUT2D eigenvalue weighted by Gasteiger charge is -2.35. The van der Waals surface area contributed by atoms with Crippen LogP contribution in [0.4, 0.5) is 0 Å². The second-order valence-corrected chi connectivity index (χ2v) is 12.6. The molecule has 35 heavy (non-hydrogen) atoms. The van der Waals surface area contributed by atoms with Crippen molar-refractivity contribution in [3.05, 3.63) is 94.5 Å². The summed E-state index contributed by atoms with van der Waals surface area (Å²) in [4.78, 5) is 4.33. The number of unbranched alkanes of at least 4 members (excludes halogenated alkanes) is 1. The first-order valence-corrected chi connectivity index (χ1v) is 13.8. The highest BCUT2D eigenvalue weighted by molar-refractivity contribution is 7.48. The number of hydrogen-bond acceptors (Lipinski definition) is 2. The van der Waals surface area contributed by atoms with Gasteiger partial charge >= 0.3 is 0 Å². The Hall–Kier alpha value is -2.44. The Balaban J connectivity index is 2.14. The van der Waals surface area contributed by atoms with Crippen molar-refractivity contribution < 1.29 is 4.74 Å². The molecule has 0 aliphatic rings. The van der Waals surface area contributed by atoms with Gasteiger partial charge in [0, 0.05) is 24.0 Å². The third kappa shape index (κ3) is 7.05. The minimum atomic E-state index is -0.0360. The minimum absolute atomic E-state index is 0.0360. The summed E-state index contributed by atoms with van der Waals surface area (Å²) >= 11 is 0. The van der Waals surface area contributed by atoms with Crippen LogP contribution in [0.3, 0.4) is 0 Å². The molecule has 0 aliphatic heterocycles. The number of nitrogens with zero attached hydrogens (tertiary/aromatic N) is 1. The molecule has 0 N–H and O–H groups in total. The average Bonchev–Trinajstić information content (AvgIpc) is 2.83. The third-order valence-corrected chi connectivity index (χ3v) is 8.43. The van der Waals surface area contributed by atoms with Gasteiger partial charge in [0.25, 0.3) is 0 Å². The lowest BCUT2D eigenvalue weighted by molar-refractivity contribution is 0.296. The van der Waals surface area contributed by atoms with Crippen LogP contribution in [0.15, 0.2) is 71.7 Å². The van der Waals surface area contributed by atoms with Gasteiger partial charge in [-0.15, -0.1) is 0 Å². The van der Waals surface area contributed by atoms with Gasteiger partial charge in [0.05, 0.1) is 0 Å². The second-order valence-electron chi connectivity index (χ2n) is 10.7. The summed E-state index contributed by atoms with van der Waals surface area (Å²) in [7, 11) is 2.47. The topological polar surface area (TPSA) is 21.6 Å². The highest BCUT2D eigenvalue weighted by atomic mass is 31.1. The molecule has 2 atom stereocenters. The van der Waals surface area contributed by atoms with Crippen molar-refractivity contribution in [3.8, 4) is 5.75 Å². The number of aliphatic imine (C=N–C) groups is 1. The van der Waals surface area contributed by atoms with Crippen molar-refractivity contribution >= 4 is 20.1 Å². The Kier molecular flexibility index (Phi) is 9.31. The lowest BCUT2D eigenvalue weighted by Crippen LogP contribution is -2.24. The molecule has 2 unspecified atom stereocenters. The summed E-state index contributed by atoms with van der Waals surface area (Å²) in [5.41, 5.74) is 6.41. The summed E-state index contributed by atoms with van der Waals surface area (Å²) in [5.74, 6) is 1.05. The fourth-order valence-electron chi connectivity index (χ4n) is 4.49. The van der Waals surface area contributed by atoms with Gasteiger partial charge < -0.3 is 4.74 Å². The maximum absolute atomic E-state index is 6.64. The minimum Gasteiger partial charge on any atom is -0.488 e. The van der Waals surface area contributed by atoms with Crippen LogP contribution in [0, 0.1) is 6.92 Å². The predicted molar refractivity (Wildman–Crippen MR) is 155 cm³/mol. The monoisotopic (exact) mass is 487 g/mol. The Bertz CT molecular complexity index is 1130. The molecule has 0 amide bonds. The van der Waals surface area contributed by atoms with Gasteiger partial charge in [-0.2, -0.15) is 0 Å². The number of aryl methyl sites for hydroxylation is 1. The Morgan fingerprint density at radius 3 is 2.29 bits per heavy atom. The van der Waals surface area contributed by atoms with Gasteiger partial charge in [0.15, 0.2) is 0 Å². The van der Waals surface area contributed by atoms with E-state index < -0.39 is 0 Å². The van der Waals surface area contributed by atoms with Gasteiger partial charge in [-0.05, 0) is 46.3 Å². The van der Waals surface area contributed by atoms with Gasteiger partial charge in [0.2, 0.25) is 0 Å². The molecule has 0 saturated heterocycles. The maximum Gasteiger partial charge on any atom is 0.126 e. The van der Waals surface area contributed by atoms with Crippen molar-refractivity contribution in [1.82, 2.24) is 0 Å². The van der Waals surface area contributed by atoms with E-state index in [9.17, 15) is 0 Å². The van der Waals surface area contributed by atoms with E-state index in [0.29, 0.717) is 15.2 Å². The molecular formula is C32H42NOP. The SMILES string of the molecule is CCCCC(C)(Pc1ccccc1/C=N/C)c1cc(C(C)(C)C)cc(C)c1OCc1ccccc1. The molecule has 3 rings (SSSR count). The largest absolute Gasteiger partial charge is 0.488 e. The first-order valence-electron chi connectivity index (χ1n) is 12.8. The van der Waals surface area contributed by atoms with Crippen LogP contribution in [0.1, 0.15) is 81.7 Å². The van der Waals surface area contributed by atoms with Crippen LogP contribution in [-0.4, -0.2) is 13.3 Å². The van der Waals surface area contributed by atoms with Crippen LogP contribution >= 0.6 is 8.58 Å². The van der Waals surface area contributed by atoms with Gasteiger partial charge in [-0.3, -0.25) is 4.99 Å². The van der Waals surface area contributed by atoms with E-state index >= 15 is 0 Å². The van der Waals surface area contributed by atoms with Crippen LogP contribution < -0.4 is 10.0 Å². The third-order valence-electron chi connectivity index (χ3n) is 6.63. The molecule has 0 aromatic heterocycles. The standard InChI is InChI=1S/C32H42NOP/c1-8-9-19-32(6,35-29-18-14-13-17-26(29)22-33-7)28-21-27(31(3,4)5)20-24(2)30(28)34-23-25-15-11-10-12-16-25/h10-18,20-22,35H,8-9,19,23H2,1-7H3/b33-22+.